The third kappa shape index (κ3) is 4.93. The van der Waals surface area contributed by atoms with Crippen LogP contribution in [0.25, 0.3) is 0 Å². The van der Waals surface area contributed by atoms with Crippen LogP contribution < -0.4 is 14.2 Å². The first-order valence-corrected chi connectivity index (χ1v) is 10.7. The zero-order chi connectivity index (χ0) is 20.1. The van der Waals surface area contributed by atoms with Crippen molar-refractivity contribution in [3.63, 3.8) is 0 Å². The number of hydrogen-bond acceptors (Lipinski definition) is 7. The molecule has 154 valence electrons. The van der Waals surface area contributed by atoms with Gasteiger partial charge < -0.3 is 19.1 Å². The third-order valence-electron chi connectivity index (χ3n) is 4.51. The van der Waals surface area contributed by atoms with E-state index in [4.69, 9.17) is 14.2 Å². The lowest BCUT2D eigenvalue weighted by Gasteiger charge is -2.20. The first-order chi connectivity index (χ1) is 13.4. The highest BCUT2D eigenvalue weighted by molar-refractivity contribution is 7.89. The van der Waals surface area contributed by atoms with Crippen molar-refractivity contribution in [3.05, 3.63) is 18.2 Å². The summed E-state index contributed by atoms with van der Waals surface area (Å²) in [7, 11) is -3.95. The summed E-state index contributed by atoms with van der Waals surface area (Å²) in [6, 6.07) is 4.25. The zero-order valence-electron chi connectivity index (χ0n) is 15.7. The Bertz CT molecular complexity index is 834. The molecule has 0 radical (unpaired) electrons. The number of hydrogen-bond donors (Lipinski definition) is 1. The Morgan fingerprint density at radius 1 is 1.14 bits per heavy atom. The molecule has 2 aliphatic heterocycles. The van der Waals surface area contributed by atoms with E-state index in [-0.39, 0.29) is 10.8 Å². The second-order valence-electron chi connectivity index (χ2n) is 6.65. The number of carbonyl (C=O) groups is 2. The molecule has 0 aliphatic carbocycles. The highest BCUT2D eigenvalue weighted by Crippen LogP contribution is 2.31. The number of sulfonamides is 1. The summed E-state index contributed by atoms with van der Waals surface area (Å²) in [4.78, 5) is 25.7. The van der Waals surface area contributed by atoms with Gasteiger partial charge in [0.1, 0.15) is 6.54 Å². The molecule has 3 rings (SSSR count). The van der Waals surface area contributed by atoms with Gasteiger partial charge in [0.25, 0.3) is 5.91 Å². The summed E-state index contributed by atoms with van der Waals surface area (Å²) in [6.45, 7) is 3.14. The maximum absolute atomic E-state index is 12.4. The van der Waals surface area contributed by atoms with Gasteiger partial charge in [-0.25, -0.2) is 8.42 Å². The minimum atomic E-state index is -3.95. The Balaban J connectivity index is 1.56. The van der Waals surface area contributed by atoms with Gasteiger partial charge in [-0.05, 0) is 31.9 Å². The predicted molar refractivity (Wildman–Crippen MR) is 98.6 cm³/mol. The van der Waals surface area contributed by atoms with Gasteiger partial charge in [-0.15, -0.1) is 0 Å². The molecule has 1 amide bonds. The van der Waals surface area contributed by atoms with Crippen LogP contribution in [0.1, 0.15) is 26.2 Å². The molecular weight excluding hydrogens is 388 g/mol. The lowest BCUT2D eigenvalue weighted by atomic mass is 10.3. The number of nitrogens with zero attached hydrogens (tertiary/aromatic N) is 1. The number of fused-ring (bicyclic) bond motifs is 1. The number of nitrogens with one attached hydrogen (secondary N) is 1. The number of likely N-dealkylation sites (tertiary alicyclic amines) is 1. The molecule has 0 bridgehead atoms. The lowest BCUT2D eigenvalue weighted by molar-refractivity contribution is -0.157. The minimum absolute atomic E-state index is 0.0502. The number of benzene rings is 1. The summed E-state index contributed by atoms with van der Waals surface area (Å²) in [5, 5.41) is 0. The van der Waals surface area contributed by atoms with E-state index >= 15 is 0 Å². The van der Waals surface area contributed by atoms with Crippen molar-refractivity contribution >= 4 is 21.9 Å². The minimum Gasteiger partial charge on any atom is -0.490 e. The van der Waals surface area contributed by atoms with Gasteiger partial charge in [0.2, 0.25) is 10.0 Å². The number of esters is 1. The number of rotatable bonds is 6. The van der Waals surface area contributed by atoms with Crippen LogP contribution in [0.5, 0.6) is 11.5 Å². The van der Waals surface area contributed by atoms with E-state index in [1.54, 1.807) is 4.90 Å². The normalized spacial score (nSPS) is 17.7. The first kappa shape index (κ1) is 20.4. The van der Waals surface area contributed by atoms with Crippen LogP contribution in [0.4, 0.5) is 0 Å². The summed E-state index contributed by atoms with van der Waals surface area (Å²) in [6.07, 6.45) is 1.62. The SMILES string of the molecule is CC(OC(=O)CNS(=O)(=O)c1ccc2c(c1)OCCCO2)C(=O)N1CCCC1. The van der Waals surface area contributed by atoms with Crippen molar-refractivity contribution in [2.45, 2.75) is 37.2 Å². The average molecular weight is 412 g/mol. The summed E-state index contributed by atoms with van der Waals surface area (Å²) >= 11 is 0. The quantitative estimate of drug-likeness (QED) is 0.684. The fraction of sp³-hybridized carbons (Fsp3) is 0.556. The van der Waals surface area contributed by atoms with Gasteiger partial charge >= 0.3 is 5.97 Å². The molecule has 2 heterocycles. The van der Waals surface area contributed by atoms with Crippen LogP contribution in [-0.2, 0) is 24.3 Å². The molecule has 2 aliphatic rings. The molecule has 0 aromatic heterocycles. The number of ether oxygens (including phenoxy) is 3. The van der Waals surface area contributed by atoms with Gasteiger partial charge in [0.05, 0.1) is 18.1 Å². The van der Waals surface area contributed by atoms with Crippen molar-refractivity contribution in [2.24, 2.45) is 0 Å². The molecule has 1 aromatic carbocycles. The Kier molecular flexibility index (Phi) is 6.40. The second-order valence-corrected chi connectivity index (χ2v) is 8.42. The standard InChI is InChI=1S/C18H24N2O7S/c1-13(18(22)20-7-2-3-8-20)27-17(21)12-19-28(23,24)14-5-6-15-16(11-14)26-10-4-9-25-15/h5-6,11,13,19H,2-4,7-10,12H2,1H3. The van der Waals surface area contributed by atoms with Gasteiger partial charge in [0.15, 0.2) is 17.6 Å². The molecule has 1 unspecified atom stereocenters. The van der Waals surface area contributed by atoms with Crippen LogP contribution >= 0.6 is 0 Å². The Morgan fingerprint density at radius 2 is 1.82 bits per heavy atom. The van der Waals surface area contributed by atoms with Gasteiger partial charge in [-0.1, -0.05) is 0 Å². The highest BCUT2D eigenvalue weighted by atomic mass is 32.2. The fourth-order valence-corrected chi connectivity index (χ4v) is 4.02. The maximum atomic E-state index is 12.4. The third-order valence-corrected chi connectivity index (χ3v) is 5.91. The van der Waals surface area contributed by atoms with Crippen molar-refractivity contribution < 1.29 is 32.2 Å². The molecule has 1 aromatic rings. The predicted octanol–water partition coefficient (Wildman–Crippen LogP) is 0.680. The molecule has 1 atom stereocenters. The van der Waals surface area contributed by atoms with E-state index in [0.717, 1.165) is 12.8 Å². The summed E-state index contributed by atoms with van der Waals surface area (Å²) < 4.78 is 43.1. The Hall–Kier alpha value is -2.33. The molecule has 28 heavy (non-hydrogen) atoms. The summed E-state index contributed by atoms with van der Waals surface area (Å²) in [5.74, 6) is -0.271. The number of carbonyl (C=O) groups excluding carboxylic acids is 2. The monoisotopic (exact) mass is 412 g/mol. The Morgan fingerprint density at radius 3 is 2.54 bits per heavy atom. The molecule has 1 fully saturated rings. The van der Waals surface area contributed by atoms with Gasteiger partial charge in [0, 0.05) is 25.6 Å². The van der Waals surface area contributed by atoms with Gasteiger partial charge in [-0.2, -0.15) is 4.72 Å². The largest absolute Gasteiger partial charge is 0.490 e. The van der Waals surface area contributed by atoms with E-state index in [1.165, 1.54) is 25.1 Å². The zero-order valence-corrected chi connectivity index (χ0v) is 16.5. The van der Waals surface area contributed by atoms with Crippen LogP contribution in [0, 0.1) is 0 Å². The van der Waals surface area contributed by atoms with E-state index in [9.17, 15) is 18.0 Å². The molecule has 0 spiro atoms. The van der Waals surface area contributed by atoms with Crippen LogP contribution in [0.15, 0.2) is 23.1 Å². The van der Waals surface area contributed by atoms with Crippen molar-refractivity contribution in [2.75, 3.05) is 32.8 Å². The van der Waals surface area contributed by atoms with Crippen molar-refractivity contribution in [1.82, 2.24) is 9.62 Å². The topological polar surface area (TPSA) is 111 Å². The summed E-state index contributed by atoms with van der Waals surface area (Å²) in [5.41, 5.74) is 0. The molecule has 9 nitrogen and oxygen atoms in total. The Labute approximate surface area is 164 Å². The van der Waals surface area contributed by atoms with Crippen molar-refractivity contribution in [1.29, 1.82) is 0 Å². The first-order valence-electron chi connectivity index (χ1n) is 9.24. The fourth-order valence-electron chi connectivity index (χ4n) is 3.03. The lowest BCUT2D eigenvalue weighted by Crippen LogP contribution is -2.40. The molecular formula is C18H24N2O7S. The van der Waals surface area contributed by atoms with Gasteiger partial charge in [-0.3, -0.25) is 9.59 Å². The van der Waals surface area contributed by atoms with E-state index in [0.29, 0.717) is 44.2 Å². The second kappa shape index (κ2) is 8.78. The van der Waals surface area contributed by atoms with Crippen LogP contribution in [0.2, 0.25) is 0 Å². The molecule has 0 saturated carbocycles. The van der Waals surface area contributed by atoms with E-state index < -0.39 is 28.6 Å². The average Bonchev–Trinajstić information content (AvgIpc) is 3.10. The van der Waals surface area contributed by atoms with Crippen LogP contribution in [-0.4, -0.2) is 64.1 Å². The van der Waals surface area contributed by atoms with Crippen LogP contribution in [0.3, 0.4) is 0 Å². The number of amides is 1. The molecule has 10 heteroatoms. The molecule has 1 saturated heterocycles. The van der Waals surface area contributed by atoms with E-state index in [1.807, 2.05) is 0 Å². The highest BCUT2D eigenvalue weighted by Gasteiger charge is 2.26. The van der Waals surface area contributed by atoms with Crippen molar-refractivity contribution in [3.8, 4) is 11.5 Å². The smallest absolute Gasteiger partial charge is 0.321 e. The van der Waals surface area contributed by atoms with E-state index in [2.05, 4.69) is 4.72 Å². The maximum Gasteiger partial charge on any atom is 0.321 e. The molecule has 1 N–H and O–H groups in total.